The Morgan fingerprint density at radius 1 is 0.974 bits per heavy atom. The summed E-state index contributed by atoms with van der Waals surface area (Å²) in [5, 5.41) is 14.1. The van der Waals surface area contributed by atoms with Crippen molar-refractivity contribution in [3.63, 3.8) is 0 Å². The van der Waals surface area contributed by atoms with Crippen LogP contribution >= 0.6 is 0 Å². The predicted molar refractivity (Wildman–Crippen MR) is 152 cm³/mol. The highest BCUT2D eigenvalue weighted by atomic mass is 16.4. The lowest BCUT2D eigenvalue weighted by Crippen LogP contribution is -2.47. The normalized spacial score (nSPS) is 24.9. The zero-order valence-corrected chi connectivity index (χ0v) is 22.9. The molecule has 1 aromatic carbocycles. The van der Waals surface area contributed by atoms with Crippen LogP contribution < -0.4 is 5.32 Å². The van der Waals surface area contributed by atoms with Crippen LogP contribution in [-0.2, 0) is 11.2 Å². The van der Waals surface area contributed by atoms with Crippen LogP contribution in [0.25, 0.3) is 0 Å². The Balaban J connectivity index is 1.14. The van der Waals surface area contributed by atoms with E-state index < -0.39 is 5.97 Å². The molecule has 3 heterocycles. The first-order chi connectivity index (χ1) is 18.7. The number of benzene rings is 1. The van der Waals surface area contributed by atoms with E-state index in [1.54, 1.807) is 0 Å². The van der Waals surface area contributed by atoms with E-state index in [0.29, 0.717) is 23.8 Å². The zero-order valence-electron chi connectivity index (χ0n) is 22.9. The summed E-state index contributed by atoms with van der Waals surface area (Å²) in [6, 6.07) is 17.3. The molecule has 0 amide bonds. The maximum absolute atomic E-state index is 12.5. The first-order valence-electron chi connectivity index (χ1n) is 15.0. The number of piperidine rings is 1. The van der Waals surface area contributed by atoms with Gasteiger partial charge in [0.05, 0.1) is 0 Å². The maximum atomic E-state index is 12.5. The average molecular weight is 519 g/mol. The number of likely N-dealkylation sites (tertiary alicyclic amines) is 2. The van der Waals surface area contributed by atoms with Crippen LogP contribution in [0.15, 0.2) is 54.7 Å². The minimum atomic E-state index is -0.612. The molecule has 1 aromatic heterocycles. The van der Waals surface area contributed by atoms with Gasteiger partial charge in [0.1, 0.15) is 6.04 Å². The summed E-state index contributed by atoms with van der Waals surface area (Å²) >= 11 is 0. The number of carboxylic acids is 1. The summed E-state index contributed by atoms with van der Waals surface area (Å²) in [7, 11) is 0. The standard InChI is InChI=1S/C32H46N4O2/c37-32(38)31(26-12-5-2-6-13-26)36-23-27(30(24-36)25-10-3-1-4-11-25)22-35-20-16-29(17-21-35)34-19-9-15-28-14-7-8-18-33-28/h1,3-4,7-8,10-11,14,18,26-27,29-31,34H,2,5-6,9,12-13,15-17,19-24H2,(H,37,38). The molecule has 3 aliphatic rings. The minimum Gasteiger partial charge on any atom is -0.480 e. The molecular weight excluding hydrogens is 472 g/mol. The van der Waals surface area contributed by atoms with E-state index in [4.69, 9.17) is 0 Å². The highest BCUT2D eigenvalue weighted by molar-refractivity contribution is 5.74. The van der Waals surface area contributed by atoms with E-state index in [9.17, 15) is 9.90 Å². The van der Waals surface area contributed by atoms with Gasteiger partial charge in [-0.15, -0.1) is 0 Å². The average Bonchev–Trinajstić information content (AvgIpc) is 3.36. The third-order valence-corrected chi connectivity index (χ3v) is 9.29. The number of carbonyl (C=O) groups is 1. The van der Waals surface area contributed by atoms with Crippen molar-refractivity contribution >= 4 is 5.97 Å². The van der Waals surface area contributed by atoms with Gasteiger partial charge in [0.15, 0.2) is 0 Å². The third kappa shape index (κ3) is 7.22. The van der Waals surface area contributed by atoms with Crippen LogP contribution in [0.2, 0.25) is 0 Å². The van der Waals surface area contributed by atoms with E-state index in [0.717, 1.165) is 65.0 Å². The van der Waals surface area contributed by atoms with Crippen molar-refractivity contribution in [2.45, 2.75) is 75.8 Å². The molecule has 2 aromatic rings. The van der Waals surface area contributed by atoms with Crippen molar-refractivity contribution in [1.29, 1.82) is 0 Å². The SMILES string of the molecule is O=C(O)C(C1CCCCC1)N1CC(CN2CCC(NCCCc3ccccn3)CC2)C(c2ccccc2)C1. The summed E-state index contributed by atoms with van der Waals surface area (Å²) in [5.41, 5.74) is 2.55. The Bertz CT molecular complexity index is 973. The Labute approximate surface area is 228 Å². The van der Waals surface area contributed by atoms with Gasteiger partial charge in [-0.2, -0.15) is 0 Å². The first kappa shape index (κ1) is 27.3. The topological polar surface area (TPSA) is 68.7 Å². The van der Waals surface area contributed by atoms with Crippen LogP contribution in [0.5, 0.6) is 0 Å². The lowest BCUT2D eigenvalue weighted by atomic mass is 9.83. The van der Waals surface area contributed by atoms with Crippen molar-refractivity contribution in [2.75, 3.05) is 39.3 Å². The Hall–Kier alpha value is -2.28. The molecule has 0 bridgehead atoms. The lowest BCUT2D eigenvalue weighted by molar-refractivity contribution is -0.145. The number of carboxylic acid groups (broad SMARTS) is 1. The van der Waals surface area contributed by atoms with Gasteiger partial charge in [-0.1, -0.05) is 55.7 Å². The first-order valence-corrected chi connectivity index (χ1v) is 15.0. The molecule has 2 N–H and O–H groups in total. The molecule has 6 nitrogen and oxygen atoms in total. The summed E-state index contributed by atoms with van der Waals surface area (Å²) in [5.74, 6) is 0.574. The fourth-order valence-electron chi connectivity index (χ4n) is 7.27. The molecule has 0 spiro atoms. The summed E-state index contributed by atoms with van der Waals surface area (Å²) in [6.07, 6.45) is 12.2. The van der Waals surface area contributed by atoms with E-state index in [-0.39, 0.29) is 6.04 Å². The van der Waals surface area contributed by atoms with E-state index >= 15 is 0 Å². The van der Waals surface area contributed by atoms with Crippen molar-refractivity contribution in [3.8, 4) is 0 Å². The number of hydrogen-bond acceptors (Lipinski definition) is 5. The minimum absolute atomic E-state index is 0.302. The molecule has 206 valence electrons. The highest BCUT2D eigenvalue weighted by Crippen LogP contribution is 2.38. The van der Waals surface area contributed by atoms with Crippen molar-refractivity contribution in [1.82, 2.24) is 20.1 Å². The number of aliphatic carboxylic acids is 1. The van der Waals surface area contributed by atoms with Crippen LogP contribution in [0.4, 0.5) is 0 Å². The Morgan fingerprint density at radius 2 is 1.74 bits per heavy atom. The molecule has 3 unspecified atom stereocenters. The Kier molecular flexibility index (Phi) is 9.83. The smallest absolute Gasteiger partial charge is 0.321 e. The second kappa shape index (κ2) is 13.7. The van der Waals surface area contributed by atoms with Crippen LogP contribution in [-0.4, -0.2) is 77.2 Å². The van der Waals surface area contributed by atoms with Crippen LogP contribution in [0, 0.1) is 11.8 Å². The van der Waals surface area contributed by atoms with Crippen LogP contribution in [0.3, 0.4) is 0 Å². The monoisotopic (exact) mass is 518 g/mol. The predicted octanol–water partition coefficient (Wildman–Crippen LogP) is 4.82. The molecule has 2 aliphatic heterocycles. The molecule has 3 atom stereocenters. The van der Waals surface area contributed by atoms with Gasteiger partial charge in [-0.3, -0.25) is 14.7 Å². The molecule has 1 aliphatic carbocycles. The molecule has 0 radical (unpaired) electrons. The number of aryl methyl sites for hydroxylation is 1. The molecule has 38 heavy (non-hydrogen) atoms. The Morgan fingerprint density at radius 3 is 2.45 bits per heavy atom. The molecule has 3 fully saturated rings. The number of nitrogens with zero attached hydrogens (tertiary/aromatic N) is 3. The fraction of sp³-hybridized carbons (Fsp3) is 0.625. The quantitative estimate of drug-likeness (QED) is 0.416. The van der Waals surface area contributed by atoms with E-state index in [2.05, 4.69) is 62.6 Å². The summed E-state index contributed by atoms with van der Waals surface area (Å²) < 4.78 is 0. The largest absolute Gasteiger partial charge is 0.480 e. The van der Waals surface area contributed by atoms with Gasteiger partial charge in [-0.25, -0.2) is 0 Å². The molecule has 2 saturated heterocycles. The molecule has 1 saturated carbocycles. The van der Waals surface area contributed by atoms with E-state index in [1.807, 2.05) is 12.3 Å². The molecule has 5 rings (SSSR count). The second-order valence-corrected chi connectivity index (χ2v) is 11.9. The van der Waals surface area contributed by atoms with Gasteiger partial charge < -0.3 is 15.3 Å². The van der Waals surface area contributed by atoms with Gasteiger partial charge in [0.2, 0.25) is 0 Å². The van der Waals surface area contributed by atoms with Crippen molar-refractivity contribution < 1.29 is 9.90 Å². The van der Waals surface area contributed by atoms with E-state index in [1.165, 1.54) is 43.4 Å². The third-order valence-electron chi connectivity index (χ3n) is 9.29. The number of pyridine rings is 1. The number of nitrogens with one attached hydrogen (secondary N) is 1. The number of aromatic nitrogens is 1. The number of rotatable bonds is 11. The zero-order chi connectivity index (χ0) is 26.2. The highest BCUT2D eigenvalue weighted by Gasteiger charge is 2.43. The van der Waals surface area contributed by atoms with Gasteiger partial charge in [-0.05, 0) is 87.7 Å². The van der Waals surface area contributed by atoms with Gasteiger partial charge >= 0.3 is 5.97 Å². The van der Waals surface area contributed by atoms with Crippen molar-refractivity contribution in [3.05, 3.63) is 66.0 Å². The lowest BCUT2D eigenvalue weighted by Gasteiger charge is -2.35. The molecule has 6 heteroatoms. The summed E-state index contributed by atoms with van der Waals surface area (Å²) in [6.45, 7) is 6.14. The van der Waals surface area contributed by atoms with Gasteiger partial charge in [0, 0.05) is 43.5 Å². The number of hydrogen-bond donors (Lipinski definition) is 2. The molecular formula is C32H46N4O2. The summed E-state index contributed by atoms with van der Waals surface area (Å²) in [4.78, 5) is 21.9. The van der Waals surface area contributed by atoms with Gasteiger partial charge in [0.25, 0.3) is 0 Å². The fourth-order valence-corrected chi connectivity index (χ4v) is 7.27. The maximum Gasteiger partial charge on any atom is 0.321 e. The second-order valence-electron chi connectivity index (χ2n) is 11.9. The van der Waals surface area contributed by atoms with Crippen LogP contribution in [0.1, 0.15) is 68.5 Å². The van der Waals surface area contributed by atoms with Crippen molar-refractivity contribution in [2.24, 2.45) is 11.8 Å².